The van der Waals surface area contributed by atoms with Crippen LogP contribution in [0.4, 0.5) is 0 Å². The summed E-state index contributed by atoms with van der Waals surface area (Å²) in [6.45, 7) is 1.44. The molecular formula is C28H27NO4. The summed E-state index contributed by atoms with van der Waals surface area (Å²) in [7, 11) is 0. The zero-order valence-electron chi connectivity index (χ0n) is 18.5. The third-order valence-corrected chi connectivity index (χ3v) is 7.13. The van der Waals surface area contributed by atoms with E-state index in [-0.39, 0.29) is 30.8 Å². The lowest BCUT2D eigenvalue weighted by Crippen LogP contribution is -2.50. The van der Waals surface area contributed by atoms with Crippen LogP contribution in [0.2, 0.25) is 0 Å². The van der Waals surface area contributed by atoms with Gasteiger partial charge in [0.1, 0.15) is 0 Å². The van der Waals surface area contributed by atoms with Crippen LogP contribution < -0.4 is 9.47 Å². The van der Waals surface area contributed by atoms with E-state index < -0.39 is 0 Å². The number of carbonyl (C=O) groups is 1. The number of amides is 1. The summed E-state index contributed by atoms with van der Waals surface area (Å²) in [6.07, 6.45) is 2.93. The highest BCUT2D eigenvalue weighted by atomic mass is 16.7. The van der Waals surface area contributed by atoms with Gasteiger partial charge < -0.3 is 19.1 Å². The molecule has 1 fully saturated rings. The summed E-state index contributed by atoms with van der Waals surface area (Å²) >= 11 is 0. The van der Waals surface area contributed by atoms with Gasteiger partial charge in [0.15, 0.2) is 11.5 Å². The zero-order valence-corrected chi connectivity index (χ0v) is 18.5. The number of carbonyl (C=O) groups excluding carboxylic acids is 1. The van der Waals surface area contributed by atoms with Crippen molar-refractivity contribution in [3.8, 4) is 11.5 Å². The molecule has 3 atom stereocenters. The lowest BCUT2D eigenvalue weighted by Gasteiger charge is -2.46. The van der Waals surface area contributed by atoms with Gasteiger partial charge in [0.2, 0.25) is 6.79 Å². The molecule has 0 radical (unpaired) electrons. The van der Waals surface area contributed by atoms with Crippen LogP contribution in [0.5, 0.6) is 11.5 Å². The summed E-state index contributed by atoms with van der Waals surface area (Å²) in [5.41, 5.74) is 4.15. The Bertz CT molecular complexity index is 1150. The van der Waals surface area contributed by atoms with Crippen molar-refractivity contribution in [2.75, 3.05) is 6.79 Å². The highest BCUT2D eigenvalue weighted by molar-refractivity contribution is 5.98. The van der Waals surface area contributed by atoms with Crippen LogP contribution in [0.3, 0.4) is 0 Å². The van der Waals surface area contributed by atoms with Crippen molar-refractivity contribution in [2.45, 2.75) is 50.5 Å². The van der Waals surface area contributed by atoms with E-state index >= 15 is 0 Å². The summed E-state index contributed by atoms with van der Waals surface area (Å²) in [5, 5.41) is 0. The molecule has 0 unspecified atom stereocenters. The maximum Gasteiger partial charge on any atom is 0.254 e. The summed E-state index contributed by atoms with van der Waals surface area (Å²) in [6, 6.07) is 24.6. The number of hydrogen-bond donors (Lipinski definition) is 0. The average Bonchev–Trinajstić information content (AvgIpc) is 3.33. The largest absolute Gasteiger partial charge is 0.454 e. The van der Waals surface area contributed by atoms with Crippen molar-refractivity contribution < 1.29 is 19.0 Å². The van der Waals surface area contributed by atoms with Crippen molar-refractivity contribution >= 4 is 5.91 Å². The molecule has 5 nitrogen and oxygen atoms in total. The van der Waals surface area contributed by atoms with E-state index in [4.69, 9.17) is 14.2 Å². The standard InChI is InChI=1S/C28H27NO4/c30-28-24-15-27-26(32-18-33-27)14-22(24)23-13-21(31-17-20-9-5-2-6-10-20)11-12-25(23)29(28)16-19-7-3-1-4-8-19/h1-10,14-15,21,23,25H,11-13,16-18H2/t21-,23-,25-/m0/s1. The van der Waals surface area contributed by atoms with Gasteiger partial charge in [0.05, 0.1) is 12.7 Å². The van der Waals surface area contributed by atoms with Gasteiger partial charge in [-0.1, -0.05) is 60.7 Å². The predicted octanol–water partition coefficient (Wildman–Crippen LogP) is 5.29. The molecule has 0 bridgehead atoms. The molecule has 0 saturated heterocycles. The molecule has 3 aromatic carbocycles. The smallest absolute Gasteiger partial charge is 0.254 e. The van der Waals surface area contributed by atoms with E-state index in [1.807, 2.05) is 48.5 Å². The molecular weight excluding hydrogens is 414 g/mol. The van der Waals surface area contributed by atoms with E-state index in [0.717, 1.165) is 41.7 Å². The van der Waals surface area contributed by atoms with Crippen molar-refractivity contribution in [1.82, 2.24) is 4.90 Å². The predicted molar refractivity (Wildman–Crippen MR) is 124 cm³/mol. The van der Waals surface area contributed by atoms with Crippen LogP contribution in [0.25, 0.3) is 0 Å². The Morgan fingerprint density at radius 3 is 2.33 bits per heavy atom. The van der Waals surface area contributed by atoms with Crippen molar-refractivity contribution in [3.05, 3.63) is 95.1 Å². The van der Waals surface area contributed by atoms with Gasteiger partial charge in [0.25, 0.3) is 5.91 Å². The number of nitrogens with zero attached hydrogens (tertiary/aromatic N) is 1. The fraction of sp³-hybridized carbons (Fsp3) is 0.321. The van der Waals surface area contributed by atoms with Crippen LogP contribution in [-0.4, -0.2) is 29.7 Å². The van der Waals surface area contributed by atoms with Crippen molar-refractivity contribution in [2.24, 2.45) is 0 Å². The number of ether oxygens (including phenoxy) is 3. The van der Waals surface area contributed by atoms with Gasteiger partial charge >= 0.3 is 0 Å². The first-order chi connectivity index (χ1) is 16.3. The van der Waals surface area contributed by atoms with Gasteiger partial charge in [0, 0.05) is 24.1 Å². The molecule has 0 N–H and O–H groups in total. The highest BCUT2D eigenvalue weighted by Gasteiger charge is 2.44. The maximum atomic E-state index is 13.7. The molecule has 6 rings (SSSR count). The van der Waals surface area contributed by atoms with E-state index in [9.17, 15) is 4.79 Å². The van der Waals surface area contributed by atoms with E-state index in [1.54, 1.807) is 0 Å². The van der Waals surface area contributed by atoms with Crippen molar-refractivity contribution in [1.29, 1.82) is 0 Å². The van der Waals surface area contributed by atoms with E-state index in [2.05, 4.69) is 29.2 Å². The fourth-order valence-electron chi connectivity index (χ4n) is 5.49. The third-order valence-electron chi connectivity index (χ3n) is 7.13. The normalized spacial score (nSPS) is 23.2. The lowest BCUT2D eigenvalue weighted by molar-refractivity contribution is -0.0134. The van der Waals surface area contributed by atoms with Crippen LogP contribution in [0.1, 0.15) is 52.2 Å². The first-order valence-electron chi connectivity index (χ1n) is 11.7. The van der Waals surface area contributed by atoms with Crippen LogP contribution in [0, 0.1) is 0 Å². The molecule has 0 aromatic heterocycles. The third kappa shape index (κ3) is 3.87. The monoisotopic (exact) mass is 441 g/mol. The number of hydrogen-bond acceptors (Lipinski definition) is 4. The summed E-state index contributed by atoms with van der Waals surface area (Å²) in [5.74, 6) is 1.69. The molecule has 2 heterocycles. The molecule has 5 heteroatoms. The zero-order chi connectivity index (χ0) is 22.2. The van der Waals surface area contributed by atoms with Crippen molar-refractivity contribution in [3.63, 3.8) is 0 Å². The summed E-state index contributed by atoms with van der Waals surface area (Å²) in [4.78, 5) is 15.7. The Morgan fingerprint density at radius 2 is 1.58 bits per heavy atom. The minimum absolute atomic E-state index is 0.0806. The lowest BCUT2D eigenvalue weighted by atomic mass is 9.73. The second-order valence-electron chi connectivity index (χ2n) is 9.12. The Kier molecular flexibility index (Phi) is 5.27. The number of fused-ring (bicyclic) bond motifs is 4. The van der Waals surface area contributed by atoms with Gasteiger partial charge in [-0.2, -0.15) is 0 Å². The summed E-state index contributed by atoms with van der Waals surface area (Å²) < 4.78 is 17.6. The van der Waals surface area contributed by atoms with E-state index in [1.165, 1.54) is 5.56 Å². The molecule has 3 aliphatic rings. The quantitative estimate of drug-likeness (QED) is 0.540. The van der Waals surface area contributed by atoms with Crippen LogP contribution in [0.15, 0.2) is 72.8 Å². The first-order valence-corrected chi connectivity index (χ1v) is 11.7. The molecule has 1 amide bonds. The van der Waals surface area contributed by atoms with Crippen LogP contribution in [-0.2, 0) is 17.9 Å². The highest BCUT2D eigenvalue weighted by Crippen LogP contribution is 2.47. The van der Waals surface area contributed by atoms with Gasteiger partial charge in [-0.15, -0.1) is 0 Å². The number of benzene rings is 3. The minimum Gasteiger partial charge on any atom is -0.454 e. The second kappa shape index (κ2) is 8.56. The topological polar surface area (TPSA) is 48.0 Å². The SMILES string of the molecule is O=C1c2cc3c(cc2[C@@H]2C[C@@H](OCc4ccccc4)CC[C@@H]2N1Cc1ccccc1)OCO3. The fourth-order valence-corrected chi connectivity index (χ4v) is 5.49. The minimum atomic E-state index is 0.0806. The first kappa shape index (κ1) is 20.3. The second-order valence-corrected chi connectivity index (χ2v) is 9.12. The van der Waals surface area contributed by atoms with Gasteiger partial charge in [-0.3, -0.25) is 4.79 Å². The molecule has 3 aromatic rings. The van der Waals surface area contributed by atoms with Gasteiger partial charge in [-0.05, 0) is 48.1 Å². The average molecular weight is 442 g/mol. The Labute approximate surface area is 193 Å². The van der Waals surface area contributed by atoms with E-state index in [0.29, 0.717) is 18.9 Å². The van der Waals surface area contributed by atoms with Crippen LogP contribution >= 0.6 is 0 Å². The van der Waals surface area contributed by atoms with Gasteiger partial charge in [-0.25, -0.2) is 0 Å². The molecule has 33 heavy (non-hydrogen) atoms. The molecule has 168 valence electrons. The molecule has 0 spiro atoms. The maximum absolute atomic E-state index is 13.7. The molecule has 1 aliphatic carbocycles. The Morgan fingerprint density at radius 1 is 0.879 bits per heavy atom. The Balaban J connectivity index is 1.30. The Hall–Kier alpha value is -3.31. The molecule has 1 saturated carbocycles. The molecule has 2 aliphatic heterocycles. The number of rotatable bonds is 5.